The molecule has 1 aliphatic carbocycles. The summed E-state index contributed by atoms with van der Waals surface area (Å²) in [7, 11) is 0. The van der Waals surface area contributed by atoms with Crippen LogP contribution in [0.15, 0.2) is 212 Å². The van der Waals surface area contributed by atoms with Crippen LogP contribution in [0.4, 0.5) is 0 Å². The van der Waals surface area contributed by atoms with E-state index < -0.39 is 0 Å². The molecule has 0 atom stereocenters. The van der Waals surface area contributed by atoms with Gasteiger partial charge in [-0.15, -0.1) is 0 Å². The Morgan fingerprint density at radius 1 is 0.308 bits per heavy atom. The molecule has 0 amide bonds. The number of benzene rings is 9. The van der Waals surface area contributed by atoms with Crippen molar-refractivity contribution in [2.24, 2.45) is 0 Å². The van der Waals surface area contributed by atoms with E-state index in [1.54, 1.807) is 0 Å². The summed E-state index contributed by atoms with van der Waals surface area (Å²) in [6.07, 6.45) is 0. The molecule has 1 aliphatic rings. The first-order valence-corrected chi connectivity index (χ1v) is 22.3. The average molecular weight is 832 g/mol. The molecule has 5 nitrogen and oxygen atoms in total. The average Bonchev–Trinajstić information content (AvgIpc) is 3.96. The molecule has 5 heteroatoms. The Kier molecular flexibility index (Phi) is 8.18. The smallest absolute Gasteiger partial charge is 0.164 e. The van der Waals surface area contributed by atoms with E-state index >= 15 is 0 Å². The van der Waals surface area contributed by atoms with Crippen LogP contribution in [0.2, 0.25) is 0 Å². The Hall–Kier alpha value is -8.41. The van der Waals surface area contributed by atoms with Crippen LogP contribution in [0.1, 0.15) is 25.0 Å². The number of aromatic nitrogens is 5. The molecule has 0 N–H and O–H groups in total. The third-order valence-corrected chi connectivity index (χ3v) is 13.6. The fourth-order valence-electron chi connectivity index (χ4n) is 10.4. The molecule has 0 spiro atoms. The normalized spacial score (nSPS) is 12.9. The topological polar surface area (TPSA) is 48.5 Å². The number of fused-ring (bicyclic) bond motifs is 9. The van der Waals surface area contributed by atoms with Gasteiger partial charge in [0.2, 0.25) is 0 Å². The Bertz CT molecular complexity index is 3790. The molecule has 65 heavy (non-hydrogen) atoms. The first kappa shape index (κ1) is 37.2. The predicted molar refractivity (Wildman–Crippen MR) is 268 cm³/mol. The minimum atomic E-state index is -0.185. The van der Waals surface area contributed by atoms with Crippen LogP contribution in [0.5, 0.6) is 0 Å². The zero-order valence-electron chi connectivity index (χ0n) is 35.9. The maximum absolute atomic E-state index is 5.09. The van der Waals surface area contributed by atoms with E-state index in [1.807, 2.05) is 36.4 Å². The molecule has 0 saturated carbocycles. The summed E-state index contributed by atoms with van der Waals surface area (Å²) in [5.74, 6) is 1.97. The van der Waals surface area contributed by atoms with Crippen molar-refractivity contribution in [3.8, 4) is 67.8 Å². The van der Waals surface area contributed by atoms with Gasteiger partial charge in [0.15, 0.2) is 17.5 Å². The molecule has 306 valence electrons. The highest BCUT2D eigenvalue weighted by Gasteiger charge is 2.36. The second-order valence-corrected chi connectivity index (χ2v) is 17.7. The molecule has 3 heterocycles. The summed E-state index contributed by atoms with van der Waals surface area (Å²) in [6, 6.07) is 76.2. The summed E-state index contributed by atoms with van der Waals surface area (Å²) in [6.45, 7) is 4.67. The zero-order chi connectivity index (χ0) is 43.2. The summed E-state index contributed by atoms with van der Waals surface area (Å²) >= 11 is 0. The van der Waals surface area contributed by atoms with E-state index in [9.17, 15) is 0 Å². The predicted octanol–water partition coefficient (Wildman–Crippen LogP) is 15.0. The Balaban J connectivity index is 0.937. The second kappa shape index (κ2) is 14.3. The van der Waals surface area contributed by atoms with Crippen LogP contribution in [-0.2, 0) is 5.41 Å². The molecule has 0 bridgehead atoms. The third-order valence-electron chi connectivity index (χ3n) is 13.6. The van der Waals surface area contributed by atoms with Crippen molar-refractivity contribution in [1.82, 2.24) is 24.1 Å². The molecule has 0 unspecified atom stereocenters. The van der Waals surface area contributed by atoms with Crippen molar-refractivity contribution in [3.05, 3.63) is 223 Å². The van der Waals surface area contributed by atoms with E-state index in [-0.39, 0.29) is 5.41 Å². The highest BCUT2D eigenvalue weighted by Crippen LogP contribution is 2.51. The molecule has 12 aromatic rings. The second-order valence-electron chi connectivity index (χ2n) is 17.7. The number of para-hydroxylation sites is 3. The van der Waals surface area contributed by atoms with Gasteiger partial charge >= 0.3 is 0 Å². The van der Waals surface area contributed by atoms with E-state index in [0.717, 1.165) is 28.1 Å². The standard InChI is InChI=1S/C60H41N5/c1-60(2)51-30-26-42(59-62-57(38-16-6-3-7-17-38)61-58(63-59)39-18-8-4-9-19-39)36-47(51)48-37-44(29-31-52(48)60)65-54-25-15-13-23-46(54)50-35-41(28-33-56(50)65)40-27-32-55-49(34-40)45-22-12-14-24-53(45)64(55)43-20-10-5-11-21-43/h3-37H,1-2H3. The van der Waals surface area contributed by atoms with Crippen LogP contribution in [0.25, 0.3) is 111 Å². The summed E-state index contributed by atoms with van der Waals surface area (Å²) in [4.78, 5) is 15.1. The number of hydrogen-bond donors (Lipinski definition) is 0. The largest absolute Gasteiger partial charge is 0.309 e. The van der Waals surface area contributed by atoms with Gasteiger partial charge in [-0.2, -0.15) is 0 Å². The van der Waals surface area contributed by atoms with Gasteiger partial charge in [-0.05, 0) is 100 Å². The van der Waals surface area contributed by atoms with Crippen LogP contribution >= 0.6 is 0 Å². The van der Waals surface area contributed by atoms with Gasteiger partial charge in [-0.3, -0.25) is 0 Å². The fourth-order valence-corrected chi connectivity index (χ4v) is 10.4. The van der Waals surface area contributed by atoms with Gasteiger partial charge in [-0.25, -0.2) is 15.0 Å². The maximum atomic E-state index is 5.09. The quantitative estimate of drug-likeness (QED) is 0.168. The lowest BCUT2D eigenvalue weighted by atomic mass is 9.82. The van der Waals surface area contributed by atoms with Crippen LogP contribution in [0.3, 0.4) is 0 Å². The van der Waals surface area contributed by atoms with E-state index in [4.69, 9.17) is 15.0 Å². The summed E-state index contributed by atoms with van der Waals surface area (Å²) in [5.41, 5.74) is 17.2. The molecule has 0 saturated heterocycles. The van der Waals surface area contributed by atoms with Gasteiger partial charge in [0, 0.05) is 55.0 Å². The molecular weight excluding hydrogens is 791 g/mol. The van der Waals surface area contributed by atoms with Crippen LogP contribution in [-0.4, -0.2) is 24.1 Å². The van der Waals surface area contributed by atoms with Gasteiger partial charge in [0.05, 0.1) is 22.1 Å². The first-order valence-electron chi connectivity index (χ1n) is 22.3. The van der Waals surface area contributed by atoms with Crippen molar-refractivity contribution < 1.29 is 0 Å². The minimum Gasteiger partial charge on any atom is -0.309 e. The van der Waals surface area contributed by atoms with Crippen molar-refractivity contribution in [1.29, 1.82) is 0 Å². The fraction of sp³-hybridized carbons (Fsp3) is 0.0500. The van der Waals surface area contributed by atoms with Gasteiger partial charge < -0.3 is 9.13 Å². The highest BCUT2D eigenvalue weighted by molar-refractivity contribution is 6.13. The van der Waals surface area contributed by atoms with Crippen molar-refractivity contribution >= 4 is 43.6 Å². The summed E-state index contributed by atoms with van der Waals surface area (Å²) in [5, 5.41) is 4.96. The van der Waals surface area contributed by atoms with Gasteiger partial charge in [0.25, 0.3) is 0 Å². The molecule has 9 aromatic carbocycles. The van der Waals surface area contributed by atoms with E-state index in [1.165, 1.54) is 77.0 Å². The minimum absolute atomic E-state index is 0.185. The summed E-state index contributed by atoms with van der Waals surface area (Å²) < 4.78 is 4.81. The van der Waals surface area contributed by atoms with Gasteiger partial charge in [0.1, 0.15) is 0 Å². The number of hydrogen-bond acceptors (Lipinski definition) is 3. The van der Waals surface area contributed by atoms with Crippen molar-refractivity contribution in [2.75, 3.05) is 0 Å². The lowest BCUT2D eigenvalue weighted by Gasteiger charge is -2.21. The van der Waals surface area contributed by atoms with Crippen molar-refractivity contribution in [3.63, 3.8) is 0 Å². The molecule has 0 aliphatic heterocycles. The highest BCUT2D eigenvalue weighted by atomic mass is 15.0. The van der Waals surface area contributed by atoms with E-state index in [2.05, 4.69) is 199 Å². The Morgan fingerprint density at radius 2 is 0.723 bits per heavy atom. The Morgan fingerprint density at radius 3 is 1.28 bits per heavy atom. The molecule has 0 radical (unpaired) electrons. The molecule has 0 fully saturated rings. The zero-order valence-corrected chi connectivity index (χ0v) is 35.9. The van der Waals surface area contributed by atoms with E-state index in [0.29, 0.717) is 17.5 Å². The van der Waals surface area contributed by atoms with Crippen molar-refractivity contribution in [2.45, 2.75) is 19.3 Å². The SMILES string of the molecule is CC1(C)c2ccc(-c3nc(-c4ccccc4)nc(-c4ccccc4)n3)cc2-c2cc(-n3c4ccccc4c4cc(-c5ccc6c(c5)c5ccccc5n6-c5ccccc5)ccc43)ccc21. The monoisotopic (exact) mass is 831 g/mol. The molecule has 13 rings (SSSR count). The molecule has 3 aromatic heterocycles. The number of nitrogens with zero attached hydrogens (tertiary/aromatic N) is 5. The Labute approximate surface area is 376 Å². The molecular formula is C60H41N5. The first-order chi connectivity index (χ1) is 32.0. The van der Waals surface area contributed by atoms with Crippen LogP contribution in [0, 0.1) is 0 Å². The van der Waals surface area contributed by atoms with Crippen LogP contribution < -0.4 is 0 Å². The maximum Gasteiger partial charge on any atom is 0.164 e. The van der Waals surface area contributed by atoms with Gasteiger partial charge in [-0.1, -0.05) is 159 Å². The number of rotatable bonds is 6. The third kappa shape index (κ3) is 5.82. The lowest BCUT2D eigenvalue weighted by molar-refractivity contribution is 0.660. The lowest BCUT2D eigenvalue weighted by Crippen LogP contribution is -2.15.